The second-order valence-electron chi connectivity index (χ2n) is 3.89. The number of carbonyl (C=O) groups excluding carboxylic acids is 2. The van der Waals surface area contributed by atoms with Crippen LogP contribution in [0.25, 0.3) is 0 Å². The molecule has 0 bridgehead atoms. The van der Waals surface area contributed by atoms with Crippen molar-refractivity contribution >= 4 is 29.1 Å². The molecule has 0 saturated heterocycles. The molecule has 0 aliphatic carbocycles. The Kier molecular flexibility index (Phi) is 4.78. The molecule has 0 unspecified atom stereocenters. The summed E-state index contributed by atoms with van der Waals surface area (Å²) in [6.07, 6.45) is 0.594. The average molecular weight is 291 g/mol. The van der Waals surface area contributed by atoms with Gasteiger partial charge in [0.15, 0.2) is 11.5 Å². The smallest absolute Gasteiger partial charge is 0.352 e. The lowest BCUT2D eigenvalue weighted by Gasteiger charge is -2.05. The van der Waals surface area contributed by atoms with E-state index in [2.05, 4.69) is 14.9 Å². The standard InChI is InChI=1S/C13H13N3O3S/c1-2-10-12(20-16-15-10)13(18)19-8-11(17)14-9-6-4-3-5-7-9/h3-7H,2,8H2,1H3,(H,14,17). The predicted molar refractivity (Wildman–Crippen MR) is 74.6 cm³/mol. The van der Waals surface area contributed by atoms with Crippen LogP contribution in [0.4, 0.5) is 5.69 Å². The van der Waals surface area contributed by atoms with Crippen LogP contribution in [0.5, 0.6) is 0 Å². The first-order valence-electron chi connectivity index (χ1n) is 6.04. The van der Waals surface area contributed by atoms with Crippen LogP contribution in [-0.2, 0) is 16.0 Å². The number of carbonyl (C=O) groups is 2. The zero-order chi connectivity index (χ0) is 14.4. The van der Waals surface area contributed by atoms with Crippen molar-refractivity contribution < 1.29 is 14.3 Å². The van der Waals surface area contributed by atoms with E-state index in [1.54, 1.807) is 24.3 Å². The molecule has 104 valence electrons. The number of nitrogens with zero attached hydrogens (tertiary/aromatic N) is 2. The second kappa shape index (κ2) is 6.76. The van der Waals surface area contributed by atoms with Gasteiger partial charge in [-0.3, -0.25) is 4.79 Å². The molecule has 0 radical (unpaired) electrons. The van der Waals surface area contributed by atoms with E-state index in [1.807, 2.05) is 13.0 Å². The Bertz CT molecular complexity index is 598. The van der Waals surface area contributed by atoms with Crippen molar-refractivity contribution in [3.05, 3.63) is 40.9 Å². The molecule has 0 atom stereocenters. The van der Waals surface area contributed by atoms with Crippen molar-refractivity contribution in [3.8, 4) is 0 Å². The number of esters is 1. The van der Waals surface area contributed by atoms with Gasteiger partial charge in [-0.2, -0.15) is 0 Å². The highest BCUT2D eigenvalue weighted by molar-refractivity contribution is 7.07. The highest BCUT2D eigenvalue weighted by Gasteiger charge is 2.17. The number of benzene rings is 1. The number of ether oxygens (including phenoxy) is 1. The summed E-state index contributed by atoms with van der Waals surface area (Å²) in [6, 6.07) is 8.96. The van der Waals surface area contributed by atoms with Crippen LogP contribution >= 0.6 is 11.5 Å². The molecule has 0 aliphatic heterocycles. The van der Waals surface area contributed by atoms with E-state index in [0.29, 0.717) is 22.7 Å². The molecule has 1 aromatic heterocycles. The SMILES string of the molecule is CCc1nnsc1C(=O)OCC(=O)Nc1ccccc1. The minimum atomic E-state index is -0.569. The Morgan fingerprint density at radius 1 is 1.30 bits per heavy atom. The van der Waals surface area contributed by atoms with Gasteiger partial charge in [0.2, 0.25) is 0 Å². The predicted octanol–water partition coefficient (Wildman–Crippen LogP) is 1.90. The van der Waals surface area contributed by atoms with Gasteiger partial charge >= 0.3 is 5.97 Å². The Hall–Kier alpha value is -2.28. The third-order valence-electron chi connectivity index (χ3n) is 2.47. The summed E-state index contributed by atoms with van der Waals surface area (Å²) in [7, 11) is 0. The van der Waals surface area contributed by atoms with Gasteiger partial charge in [0.1, 0.15) is 0 Å². The Balaban J connectivity index is 1.86. The average Bonchev–Trinajstić information content (AvgIpc) is 2.94. The molecule has 0 aliphatic rings. The van der Waals surface area contributed by atoms with Crippen molar-refractivity contribution in [3.63, 3.8) is 0 Å². The summed E-state index contributed by atoms with van der Waals surface area (Å²) in [4.78, 5) is 23.7. The monoisotopic (exact) mass is 291 g/mol. The number of para-hydroxylation sites is 1. The maximum absolute atomic E-state index is 11.8. The van der Waals surface area contributed by atoms with Crippen LogP contribution in [0, 0.1) is 0 Å². The highest BCUT2D eigenvalue weighted by atomic mass is 32.1. The highest BCUT2D eigenvalue weighted by Crippen LogP contribution is 2.12. The topological polar surface area (TPSA) is 81.2 Å². The van der Waals surface area contributed by atoms with Gasteiger partial charge in [-0.25, -0.2) is 4.79 Å². The molecule has 2 rings (SSSR count). The van der Waals surface area contributed by atoms with E-state index >= 15 is 0 Å². The van der Waals surface area contributed by atoms with Gasteiger partial charge in [0.05, 0.1) is 5.69 Å². The first-order valence-corrected chi connectivity index (χ1v) is 6.81. The fourth-order valence-corrected chi connectivity index (χ4v) is 2.16. The van der Waals surface area contributed by atoms with Gasteiger partial charge in [-0.15, -0.1) is 5.10 Å². The number of hydrogen-bond acceptors (Lipinski definition) is 6. The quantitative estimate of drug-likeness (QED) is 0.851. The number of anilines is 1. The lowest BCUT2D eigenvalue weighted by Crippen LogP contribution is -2.20. The van der Waals surface area contributed by atoms with E-state index in [4.69, 9.17) is 4.74 Å². The molecule has 20 heavy (non-hydrogen) atoms. The normalized spacial score (nSPS) is 10.1. The molecule has 1 aromatic carbocycles. The fraction of sp³-hybridized carbons (Fsp3) is 0.231. The van der Waals surface area contributed by atoms with Crippen molar-refractivity contribution in [2.45, 2.75) is 13.3 Å². The molecule has 0 saturated carbocycles. The van der Waals surface area contributed by atoms with E-state index in [9.17, 15) is 9.59 Å². The first kappa shape index (κ1) is 14.1. The minimum Gasteiger partial charge on any atom is -0.451 e. The van der Waals surface area contributed by atoms with E-state index in [1.165, 1.54) is 0 Å². The third kappa shape index (κ3) is 3.61. The number of amides is 1. The summed E-state index contributed by atoms with van der Waals surface area (Å²) in [5.41, 5.74) is 1.24. The summed E-state index contributed by atoms with van der Waals surface area (Å²) in [6.45, 7) is 1.53. The Morgan fingerprint density at radius 3 is 2.75 bits per heavy atom. The summed E-state index contributed by atoms with van der Waals surface area (Å²) in [5, 5.41) is 6.44. The molecular weight excluding hydrogens is 278 g/mol. The van der Waals surface area contributed by atoms with Crippen LogP contribution < -0.4 is 5.32 Å². The van der Waals surface area contributed by atoms with E-state index in [0.717, 1.165) is 11.5 Å². The van der Waals surface area contributed by atoms with Crippen molar-refractivity contribution in [1.29, 1.82) is 0 Å². The fourth-order valence-electron chi connectivity index (χ4n) is 1.51. The van der Waals surface area contributed by atoms with Crippen LogP contribution in [0.2, 0.25) is 0 Å². The lowest BCUT2D eigenvalue weighted by atomic mass is 10.3. The van der Waals surface area contributed by atoms with Gasteiger partial charge in [-0.1, -0.05) is 29.6 Å². The zero-order valence-corrected chi connectivity index (χ0v) is 11.6. The molecule has 1 N–H and O–H groups in total. The molecule has 0 spiro atoms. The number of nitrogens with one attached hydrogen (secondary N) is 1. The van der Waals surface area contributed by atoms with Crippen LogP contribution in [0.15, 0.2) is 30.3 Å². The molecule has 7 heteroatoms. The maximum Gasteiger partial charge on any atom is 0.352 e. The van der Waals surface area contributed by atoms with Crippen molar-refractivity contribution in [2.75, 3.05) is 11.9 Å². The van der Waals surface area contributed by atoms with E-state index < -0.39 is 5.97 Å². The van der Waals surface area contributed by atoms with Crippen molar-refractivity contribution in [1.82, 2.24) is 9.59 Å². The Morgan fingerprint density at radius 2 is 2.05 bits per heavy atom. The number of hydrogen-bond donors (Lipinski definition) is 1. The number of rotatable bonds is 5. The van der Waals surface area contributed by atoms with Gasteiger partial charge in [-0.05, 0) is 30.1 Å². The maximum atomic E-state index is 11.8. The molecule has 1 amide bonds. The molecule has 0 fully saturated rings. The lowest BCUT2D eigenvalue weighted by molar-refractivity contribution is -0.119. The Labute approximate surface area is 119 Å². The van der Waals surface area contributed by atoms with E-state index in [-0.39, 0.29) is 12.5 Å². The molecule has 2 aromatic rings. The first-order chi connectivity index (χ1) is 9.70. The summed E-state index contributed by atoms with van der Waals surface area (Å²) in [5.74, 6) is -0.958. The molecular formula is C13H13N3O3S. The number of aromatic nitrogens is 2. The third-order valence-corrected chi connectivity index (χ3v) is 3.22. The summed E-state index contributed by atoms with van der Waals surface area (Å²) >= 11 is 0.971. The largest absolute Gasteiger partial charge is 0.451 e. The minimum absolute atomic E-state index is 0.339. The van der Waals surface area contributed by atoms with Crippen LogP contribution in [0.1, 0.15) is 22.3 Å². The second-order valence-corrected chi connectivity index (χ2v) is 4.65. The van der Waals surface area contributed by atoms with Gasteiger partial charge in [0.25, 0.3) is 5.91 Å². The van der Waals surface area contributed by atoms with Crippen molar-refractivity contribution in [2.24, 2.45) is 0 Å². The van der Waals surface area contributed by atoms with Crippen LogP contribution in [-0.4, -0.2) is 28.1 Å². The summed E-state index contributed by atoms with van der Waals surface area (Å²) < 4.78 is 8.64. The van der Waals surface area contributed by atoms with Gasteiger partial charge in [0, 0.05) is 5.69 Å². The number of aryl methyl sites for hydroxylation is 1. The molecule has 1 heterocycles. The van der Waals surface area contributed by atoms with Gasteiger partial charge < -0.3 is 10.1 Å². The molecule has 6 nitrogen and oxygen atoms in total. The zero-order valence-electron chi connectivity index (χ0n) is 10.8. The van der Waals surface area contributed by atoms with Crippen LogP contribution in [0.3, 0.4) is 0 Å².